The first-order chi connectivity index (χ1) is 11.6. The molecule has 2 aliphatic heterocycles. The Morgan fingerprint density at radius 2 is 2.12 bits per heavy atom. The number of rotatable bonds is 2. The van der Waals surface area contributed by atoms with Gasteiger partial charge in [0.25, 0.3) is 5.56 Å². The van der Waals surface area contributed by atoms with Crippen LogP contribution in [0.25, 0.3) is 0 Å². The zero-order valence-electron chi connectivity index (χ0n) is 13.3. The Labute approximate surface area is 142 Å². The number of fused-ring (bicyclic) bond motifs is 1. The molecular weight excluding hydrogens is 330 g/mol. The Morgan fingerprint density at radius 3 is 2.83 bits per heavy atom. The number of thioether (sulfide) groups is 1. The van der Waals surface area contributed by atoms with Crippen LogP contribution in [0.5, 0.6) is 0 Å². The van der Waals surface area contributed by atoms with Crippen LogP contribution in [0.1, 0.15) is 35.3 Å². The monoisotopic (exact) mass is 349 g/mol. The fourth-order valence-corrected chi connectivity index (χ4v) is 4.39. The minimum atomic E-state index is -0.211. The van der Waals surface area contributed by atoms with E-state index in [4.69, 9.17) is 4.74 Å². The van der Waals surface area contributed by atoms with Crippen molar-refractivity contribution in [3.8, 4) is 0 Å². The topological polar surface area (TPSA) is 93.9 Å². The summed E-state index contributed by atoms with van der Waals surface area (Å²) >= 11 is 1.45. The van der Waals surface area contributed by atoms with Gasteiger partial charge in [0.15, 0.2) is 0 Å². The van der Waals surface area contributed by atoms with Gasteiger partial charge in [0.1, 0.15) is 5.82 Å². The molecular formula is C15H19N5O3S. The highest BCUT2D eigenvalue weighted by Gasteiger charge is 2.33. The van der Waals surface area contributed by atoms with Crippen LogP contribution in [0.15, 0.2) is 17.2 Å². The van der Waals surface area contributed by atoms with Gasteiger partial charge in [0.2, 0.25) is 5.91 Å². The summed E-state index contributed by atoms with van der Waals surface area (Å²) < 4.78 is 8.94. The summed E-state index contributed by atoms with van der Waals surface area (Å²) in [7, 11) is 1.84. The fourth-order valence-electron chi connectivity index (χ4n) is 3.30. The van der Waals surface area contributed by atoms with E-state index in [9.17, 15) is 9.59 Å². The number of hydrogen-bond donors (Lipinski definition) is 2. The molecule has 0 aliphatic carbocycles. The second-order valence-corrected chi connectivity index (χ2v) is 7.20. The predicted octanol–water partition coefficient (Wildman–Crippen LogP) is 1.04. The smallest absolute Gasteiger partial charge is 0.270 e. The maximum atomic E-state index is 12.7. The molecule has 1 amide bonds. The van der Waals surface area contributed by atoms with Crippen molar-refractivity contribution in [1.82, 2.24) is 19.6 Å². The van der Waals surface area contributed by atoms with Gasteiger partial charge >= 0.3 is 0 Å². The molecule has 1 fully saturated rings. The minimum absolute atomic E-state index is 0.0903. The van der Waals surface area contributed by atoms with Crippen LogP contribution >= 0.6 is 11.8 Å². The van der Waals surface area contributed by atoms with Gasteiger partial charge in [-0.1, -0.05) is 0 Å². The third-order valence-corrected chi connectivity index (χ3v) is 5.72. The minimum Gasteiger partial charge on any atom is -0.381 e. The molecule has 0 radical (unpaired) electrons. The molecule has 0 aromatic carbocycles. The van der Waals surface area contributed by atoms with Crippen LogP contribution < -0.4 is 10.9 Å². The van der Waals surface area contributed by atoms with Gasteiger partial charge in [-0.3, -0.25) is 24.1 Å². The number of amides is 1. The van der Waals surface area contributed by atoms with E-state index < -0.39 is 0 Å². The number of anilines is 1. The Kier molecular flexibility index (Phi) is 3.97. The van der Waals surface area contributed by atoms with E-state index in [1.54, 1.807) is 10.9 Å². The number of ether oxygens (including phenoxy) is 1. The number of H-pyrrole nitrogens is 1. The summed E-state index contributed by atoms with van der Waals surface area (Å²) in [4.78, 5) is 24.8. The lowest BCUT2D eigenvalue weighted by atomic mass is 10.1. The van der Waals surface area contributed by atoms with Gasteiger partial charge in [-0.05, 0) is 12.8 Å². The number of aryl methyl sites for hydroxylation is 1. The molecule has 128 valence electrons. The van der Waals surface area contributed by atoms with Gasteiger partial charge < -0.3 is 10.1 Å². The second kappa shape index (κ2) is 6.14. The molecule has 2 aromatic rings. The molecule has 2 aromatic heterocycles. The first-order valence-electron chi connectivity index (χ1n) is 7.95. The normalized spacial score (nSPS) is 22.0. The van der Waals surface area contributed by atoms with E-state index in [1.807, 2.05) is 17.9 Å². The van der Waals surface area contributed by atoms with Crippen LogP contribution in [-0.4, -0.2) is 44.4 Å². The average molecular weight is 349 g/mol. The van der Waals surface area contributed by atoms with E-state index in [0.29, 0.717) is 30.3 Å². The van der Waals surface area contributed by atoms with E-state index in [1.165, 1.54) is 11.8 Å². The molecule has 4 rings (SSSR count). The molecule has 2 aliphatic rings. The SMILES string of the molecule is Cn1cc([C@@H]2SCC(=O)Nc3c2c(=O)[nH]n3C2CCOCC2)cn1. The van der Waals surface area contributed by atoms with Gasteiger partial charge in [-0.2, -0.15) is 5.10 Å². The number of nitrogens with one attached hydrogen (secondary N) is 2. The van der Waals surface area contributed by atoms with E-state index >= 15 is 0 Å². The molecule has 4 heterocycles. The lowest BCUT2D eigenvalue weighted by Gasteiger charge is -2.25. The summed E-state index contributed by atoms with van der Waals surface area (Å²) in [6.07, 6.45) is 5.28. The summed E-state index contributed by atoms with van der Waals surface area (Å²) in [5.41, 5.74) is 1.38. The highest BCUT2D eigenvalue weighted by molar-refractivity contribution is 8.00. The third kappa shape index (κ3) is 2.67. The molecule has 1 saturated heterocycles. The number of carbonyl (C=O) groups is 1. The predicted molar refractivity (Wildman–Crippen MR) is 90.3 cm³/mol. The quantitative estimate of drug-likeness (QED) is 0.845. The number of carbonyl (C=O) groups excluding carboxylic acids is 1. The highest BCUT2D eigenvalue weighted by atomic mass is 32.2. The van der Waals surface area contributed by atoms with Gasteiger partial charge in [-0.15, -0.1) is 11.8 Å². The second-order valence-electron chi connectivity index (χ2n) is 6.10. The first-order valence-corrected chi connectivity index (χ1v) is 9.00. The van der Waals surface area contributed by atoms with Gasteiger partial charge in [-0.25, -0.2) is 0 Å². The molecule has 24 heavy (non-hydrogen) atoms. The Morgan fingerprint density at radius 1 is 1.33 bits per heavy atom. The molecule has 9 heteroatoms. The molecule has 0 bridgehead atoms. The van der Waals surface area contributed by atoms with Gasteiger partial charge in [0.05, 0.1) is 28.8 Å². The van der Waals surface area contributed by atoms with Crippen molar-refractivity contribution in [2.75, 3.05) is 24.3 Å². The van der Waals surface area contributed by atoms with Crippen molar-refractivity contribution in [3.63, 3.8) is 0 Å². The molecule has 1 atom stereocenters. The van der Waals surface area contributed by atoms with Crippen molar-refractivity contribution in [1.29, 1.82) is 0 Å². The molecule has 8 nitrogen and oxygen atoms in total. The van der Waals surface area contributed by atoms with E-state index in [-0.39, 0.29) is 22.8 Å². The standard InChI is InChI=1S/C15H19N5O3S/c1-19-7-9(6-16-19)13-12-14(17-11(21)8-24-13)20(18-15(12)22)10-2-4-23-5-3-10/h6-7,10,13H,2-5,8H2,1H3,(H,17,21)(H,18,22)/t13-/m0/s1. The summed E-state index contributed by atoms with van der Waals surface area (Å²) in [5, 5.41) is 9.84. The first kappa shape index (κ1) is 15.5. The number of nitrogens with zero attached hydrogens (tertiary/aromatic N) is 3. The van der Waals surface area contributed by atoms with E-state index in [2.05, 4.69) is 15.5 Å². The van der Waals surface area contributed by atoms with Crippen molar-refractivity contribution in [3.05, 3.63) is 33.9 Å². The lowest BCUT2D eigenvalue weighted by molar-refractivity contribution is -0.113. The fraction of sp³-hybridized carbons (Fsp3) is 0.533. The zero-order chi connectivity index (χ0) is 16.7. The van der Waals surface area contributed by atoms with Crippen LogP contribution in [0.2, 0.25) is 0 Å². The maximum absolute atomic E-state index is 12.7. The van der Waals surface area contributed by atoms with Crippen molar-refractivity contribution in [2.24, 2.45) is 7.05 Å². The summed E-state index contributed by atoms with van der Waals surface area (Å²) in [6.45, 7) is 1.32. The maximum Gasteiger partial charge on any atom is 0.270 e. The average Bonchev–Trinajstić information content (AvgIpc) is 3.08. The van der Waals surface area contributed by atoms with E-state index in [0.717, 1.165) is 18.4 Å². The Hall–Kier alpha value is -2.00. The summed E-state index contributed by atoms with van der Waals surface area (Å²) in [5.74, 6) is 0.810. The number of hydrogen-bond acceptors (Lipinski definition) is 5. The van der Waals surface area contributed by atoms with Crippen LogP contribution in [-0.2, 0) is 16.6 Å². The molecule has 2 N–H and O–H groups in total. The van der Waals surface area contributed by atoms with Crippen molar-refractivity contribution < 1.29 is 9.53 Å². The van der Waals surface area contributed by atoms with Crippen molar-refractivity contribution >= 4 is 23.5 Å². The largest absolute Gasteiger partial charge is 0.381 e. The Bertz CT molecular complexity index is 817. The zero-order valence-corrected chi connectivity index (χ0v) is 14.1. The third-order valence-electron chi connectivity index (χ3n) is 4.45. The van der Waals surface area contributed by atoms with Gasteiger partial charge in [0, 0.05) is 32.0 Å². The summed E-state index contributed by atoms with van der Waals surface area (Å²) in [6, 6.07) is 0.133. The van der Waals surface area contributed by atoms with Crippen LogP contribution in [0.4, 0.5) is 5.82 Å². The number of aromatic amines is 1. The molecule has 0 spiro atoms. The number of aromatic nitrogens is 4. The molecule has 0 unspecified atom stereocenters. The highest BCUT2D eigenvalue weighted by Crippen LogP contribution is 2.40. The Balaban J connectivity index is 1.81. The lowest BCUT2D eigenvalue weighted by Crippen LogP contribution is -2.24. The van der Waals surface area contributed by atoms with Crippen LogP contribution in [0, 0.1) is 0 Å². The van der Waals surface area contributed by atoms with Crippen molar-refractivity contribution in [2.45, 2.75) is 24.1 Å². The van der Waals surface area contributed by atoms with Crippen LogP contribution in [0.3, 0.4) is 0 Å². The molecule has 0 saturated carbocycles.